The van der Waals surface area contributed by atoms with Gasteiger partial charge in [0.25, 0.3) is 11.8 Å². The summed E-state index contributed by atoms with van der Waals surface area (Å²) in [5.41, 5.74) is 4.67. The van der Waals surface area contributed by atoms with Gasteiger partial charge in [0.05, 0.1) is 45.2 Å². The molecule has 2 N–H and O–H groups in total. The minimum atomic E-state index is -0.504. The number of rotatable bonds is 12. The normalized spacial score (nSPS) is 10.4. The van der Waals surface area contributed by atoms with E-state index in [-0.39, 0.29) is 13.2 Å². The molecule has 0 saturated carbocycles. The molecule has 0 saturated heterocycles. The van der Waals surface area contributed by atoms with Crippen molar-refractivity contribution in [3.8, 4) is 29.1 Å². The third-order valence-corrected chi connectivity index (χ3v) is 5.25. The first-order chi connectivity index (χ1) is 18.5. The lowest BCUT2D eigenvalue weighted by Crippen LogP contribution is -2.34. The molecule has 0 aliphatic rings. The highest BCUT2D eigenvalue weighted by molar-refractivity contribution is 5.97. The molecule has 0 aliphatic carbocycles. The Balaban J connectivity index is 1.55. The van der Waals surface area contributed by atoms with Crippen LogP contribution in [0.3, 0.4) is 0 Å². The number of benzene rings is 3. The Labute approximate surface area is 220 Å². The number of nitriles is 1. The molecule has 0 spiro atoms. The van der Waals surface area contributed by atoms with Crippen LogP contribution in [0, 0.1) is 11.3 Å². The zero-order chi connectivity index (χ0) is 27.3. The van der Waals surface area contributed by atoms with E-state index in [1.165, 1.54) is 26.5 Å². The van der Waals surface area contributed by atoms with E-state index in [2.05, 4.69) is 21.9 Å². The average Bonchev–Trinajstić information content (AvgIpc) is 2.95. The Morgan fingerprint density at radius 1 is 0.947 bits per heavy atom. The van der Waals surface area contributed by atoms with Crippen LogP contribution >= 0.6 is 0 Å². The van der Waals surface area contributed by atoms with Crippen molar-refractivity contribution in [3.05, 3.63) is 82.9 Å². The van der Waals surface area contributed by atoms with Gasteiger partial charge in [0, 0.05) is 11.1 Å². The fourth-order valence-corrected chi connectivity index (χ4v) is 3.36. The van der Waals surface area contributed by atoms with E-state index in [0.29, 0.717) is 46.3 Å². The summed E-state index contributed by atoms with van der Waals surface area (Å²) >= 11 is 0. The number of hydrogen-bond donors (Lipinski definition) is 2. The summed E-state index contributed by atoms with van der Waals surface area (Å²) in [5, 5.41) is 15.7. The minimum absolute atomic E-state index is 0.211. The van der Waals surface area contributed by atoms with Crippen LogP contribution in [0.25, 0.3) is 0 Å². The van der Waals surface area contributed by atoms with E-state index < -0.39 is 11.8 Å². The number of methoxy groups -OCH3 is 2. The van der Waals surface area contributed by atoms with Crippen molar-refractivity contribution in [2.24, 2.45) is 5.10 Å². The van der Waals surface area contributed by atoms with Crippen LogP contribution in [-0.2, 0) is 11.4 Å². The number of hydrazone groups is 1. The molecule has 3 aromatic carbocycles. The van der Waals surface area contributed by atoms with Gasteiger partial charge in [-0.15, -0.1) is 0 Å². The van der Waals surface area contributed by atoms with Crippen LogP contribution in [-0.4, -0.2) is 45.4 Å². The monoisotopic (exact) mass is 516 g/mol. The van der Waals surface area contributed by atoms with Crippen molar-refractivity contribution in [1.82, 2.24) is 10.7 Å². The van der Waals surface area contributed by atoms with Crippen molar-refractivity contribution >= 4 is 18.0 Å². The van der Waals surface area contributed by atoms with E-state index in [9.17, 15) is 14.9 Å². The molecule has 0 aliphatic heterocycles. The van der Waals surface area contributed by atoms with Gasteiger partial charge >= 0.3 is 0 Å². The van der Waals surface area contributed by atoms with Crippen LogP contribution < -0.4 is 29.7 Å². The van der Waals surface area contributed by atoms with E-state index in [4.69, 9.17) is 18.9 Å². The van der Waals surface area contributed by atoms with Crippen LogP contribution in [0.2, 0.25) is 0 Å². The van der Waals surface area contributed by atoms with Crippen molar-refractivity contribution in [3.63, 3.8) is 0 Å². The lowest BCUT2D eigenvalue weighted by molar-refractivity contribution is -0.120. The molecule has 0 bridgehead atoms. The van der Waals surface area contributed by atoms with E-state index >= 15 is 0 Å². The van der Waals surface area contributed by atoms with Crippen LogP contribution in [0.4, 0.5) is 0 Å². The third-order valence-electron chi connectivity index (χ3n) is 5.25. The average molecular weight is 517 g/mol. The second-order valence-electron chi connectivity index (χ2n) is 7.74. The number of hydrogen-bond acceptors (Lipinski definition) is 8. The van der Waals surface area contributed by atoms with E-state index in [0.717, 1.165) is 5.56 Å². The molecular weight excluding hydrogens is 488 g/mol. The fraction of sp³-hybridized carbons (Fsp3) is 0.214. The van der Waals surface area contributed by atoms with E-state index in [1.807, 2.05) is 19.1 Å². The first-order valence-electron chi connectivity index (χ1n) is 11.7. The summed E-state index contributed by atoms with van der Waals surface area (Å²) in [6.45, 7) is 2.21. The molecule has 196 valence electrons. The molecule has 3 aromatic rings. The van der Waals surface area contributed by atoms with Gasteiger partial charge in [-0.3, -0.25) is 9.59 Å². The molecule has 2 amide bonds. The molecule has 10 nitrogen and oxygen atoms in total. The Hall–Kier alpha value is -5.04. The predicted octanol–water partition coefficient (Wildman–Crippen LogP) is 3.43. The Morgan fingerprint density at radius 3 is 2.45 bits per heavy atom. The summed E-state index contributed by atoms with van der Waals surface area (Å²) in [7, 11) is 2.97. The van der Waals surface area contributed by atoms with Crippen LogP contribution in [0.1, 0.15) is 34.0 Å². The predicted molar refractivity (Wildman–Crippen MR) is 141 cm³/mol. The fourth-order valence-electron chi connectivity index (χ4n) is 3.36. The number of nitrogens with one attached hydrogen (secondary N) is 2. The largest absolute Gasteiger partial charge is 0.493 e. The molecule has 3 rings (SSSR count). The number of amides is 2. The van der Waals surface area contributed by atoms with Gasteiger partial charge in [-0.2, -0.15) is 10.4 Å². The highest BCUT2D eigenvalue weighted by Crippen LogP contribution is 2.29. The lowest BCUT2D eigenvalue weighted by Gasteiger charge is -2.13. The molecule has 38 heavy (non-hydrogen) atoms. The zero-order valence-electron chi connectivity index (χ0n) is 21.3. The maximum Gasteiger partial charge on any atom is 0.259 e. The van der Waals surface area contributed by atoms with Gasteiger partial charge < -0.3 is 24.3 Å². The summed E-state index contributed by atoms with van der Waals surface area (Å²) in [5.74, 6) is 0.963. The third kappa shape index (κ3) is 7.48. The molecule has 0 heterocycles. The molecule has 0 atom stereocenters. The maximum absolute atomic E-state index is 12.4. The van der Waals surface area contributed by atoms with Crippen molar-refractivity contribution in [2.45, 2.75) is 13.5 Å². The van der Waals surface area contributed by atoms with Gasteiger partial charge in [0.1, 0.15) is 6.61 Å². The van der Waals surface area contributed by atoms with Crippen LogP contribution in [0.15, 0.2) is 65.8 Å². The zero-order valence-corrected chi connectivity index (χ0v) is 21.3. The summed E-state index contributed by atoms with van der Waals surface area (Å²) in [6.07, 6.45) is 1.45. The Kier molecular flexibility index (Phi) is 10.1. The van der Waals surface area contributed by atoms with Crippen molar-refractivity contribution in [2.75, 3.05) is 27.4 Å². The van der Waals surface area contributed by atoms with Gasteiger partial charge in [-0.25, -0.2) is 5.43 Å². The van der Waals surface area contributed by atoms with Gasteiger partial charge in [0.15, 0.2) is 23.0 Å². The molecule has 0 fully saturated rings. The second-order valence-corrected chi connectivity index (χ2v) is 7.74. The number of ether oxygens (including phenoxy) is 4. The first-order valence-corrected chi connectivity index (χ1v) is 11.7. The Morgan fingerprint density at radius 2 is 1.71 bits per heavy atom. The van der Waals surface area contributed by atoms with Gasteiger partial charge in [-0.1, -0.05) is 18.2 Å². The first kappa shape index (κ1) is 27.5. The van der Waals surface area contributed by atoms with E-state index in [1.54, 1.807) is 42.5 Å². The molecule has 0 radical (unpaired) electrons. The summed E-state index contributed by atoms with van der Waals surface area (Å²) < 4.78 is 21.9. The quantitative estimate of drug-likeness (QED) is 0.278. The molecule has 0 aromatic heterocycles. The Bertz CT molecular complexity index is 1350. The molecular formula is C28H28N4O6. The summed E-state index contributed by atoms with van der Waals surface area (Å²) in [6, 6.07) is 19.3. The highest BCUT2D eigenvalue weighted by Gasteiger charge is 2.12. The topological polar surface area (TPSA) is 131 Å². The number of carbonyl (C=O) groups is 2. The SMILES string of the molecule is CCOc1cc(/C=N/NC(=O)CNC(=O)c2ccc(OC)c(OC)c2)ccc1OCc1ccccc1C#N. The van der Waals surface area contributed by atoms with Gasteiger partial charge in [0.2, 0.25) is 0 Å². The smallest absolute Gasteiger partial charge is 0.259 e. The van der Waals surface area contributed by atoms with Crippen molar-refractivity contribution < 1.29 is 28.5 Å². The van der Waals surface area contributed by atoms with Crippen LogP contribution in [0.5, 0.6) is 23.0 Å². The lowest BCUT2D eigenvalue weighted by atomic mass is 10.1. The van der Waals surface area contributed by atoms with Crippen molar-refractivity contribution in [1.29, 1.82) is 5.26 Å². The molecule has 0 unspecified atom stereocenters. The second kappa shape index (κ2) is 13.9. The maximum atomic E-state index is 12.4. The van der Waals surface area contributed by atoms with Gasteiger partial charge in [-0.05, 0) is 55.0 Å². The standard InChI is InChI=1S/C28H28N4O6/c1-4-37-26-13-19(9-11-24(26)38-18-22-8-6-5-7-21(22)15-29)16-31-32-27(33)17-30-28(34)20-10-12-23(35-2)25(14-20)36-3/h5-14,16H,4,17-18H2,1-3H3,(H,30,34)(H,32,33)/b31-16+. The summed E-state index contributed by atoms with van der Waals surface area (Å²) in [4.78, 5) is 24.5. The number of nitrogens with zero attached hydrogens (tertiary/aromatic N) is 2. The minimum Gasteiger partial charge on any atom is -0.493 e. The highest BCUT2D eigenvalue weighted by atomic mass is 16.5. The molecule has 10 heteroatoms. The number of carbonyl (C=O) groups excluding carboxylic acids is 2.